The van der Waals surface area contributed by atoms with Crippen LogP contribution in [0.2, 0.25) is 0 Å². The van der Waals surface area contributed by atoms with Crippen LogP contribution in [0, 0.1) is 18.3 Å². The molecule has 0 aromatic heterocycles. The molecular weight excluding hydrogens is 210 g/mol. The highest BCUT2D eigenvalue weighted by Gasteiger charge is 2.16. The van der Waals surface area contributed by atoms with Crippen LogP contribution in [0.15, 0.2) is 24.3 Å². The molecule has 1 aromatic rings. The lowest BCUT2D eigenvalue weighted by Crippen LogP contribution is -2.34. The minimum Gasteiger partial charge on any atom is -0.329 e. The molecule has 0 amide bonds. The molecule has 3 nitrogen and oxygen atoms in total. The van der Waals surface area contributed by atoms with Crippen LogP contribution in [0.3, 0.4) is 0 Å². The average Bonchev–Trinajstić information content (AvgIpc) is 2.36. The number of hydrogen-bond donors (Lipinski definition) is 1. The van der Waals surface area contributed by atoms with Gasteiger partial charge in [0.15, 0.2) is 0 Å². The number of nitriles is 1. The van der Waals surface area contributed by atoms with Gasteiger partial charge in [0.2, 0.25) is 0 Å². The second kappa shape index (κ2) is 7.05. The Balaban J connectivity index is 2.81. The summed E-state index contributed by atoms with van der Waals surface area (Å²) in [4.78, 5) is 2.26. The molecule has 0 bridgehead atoms. The first-order chi connectivity index (χ1) is 8.22. The second-order valence-electron chi connectivity index (χ2n) is 4.20. The van der Waals surface area contributed by atoms with Crippen LogP contribution in [0.1, 0.15) is 30.5 Å². The quantitative estimate of drug-likeness (QED) is 0.816. The third-order valence-electron chi connectivity index (χ3n) is 3.04. The number of likely N-dealkylation sites (N-methyl/N-ethyl adjacent to an activating group) is 1. The Labute approximate surface area is 104 Å². The van der Waals surface area contributed by atoms with Crippen LogP contribution < -0.4 is 5.73 Å². The van der Waals surface area contributed by atoms with Gasteiger partial charge < -0.3 is 5.73 Å². The van der Waals surface area contributed by atoms with Crippen LogP contribution in [0.5, 0.6) is 0 Å². The van der Waals surface area contributed by atoms with E-state index in [1.54, 1.807) is 0 Å². The van der Waals surface area contributed by atoms with Crippen LogP contribution in [-0.4, -0.2) is 24.5 Å². The molecule has 1 aromatic carbocycles. The van der Waals surface area contributed by atoms with Gasteiger partial charge >= 0.3 is 0 Å². The molecule has 1 rings (SSSR count). The SMILES string of the molecule is CCN(CCC#N)C(CN)c1ccc(C)cc1. The van der Waals surface area contributed by atoms with E-state index in [-0.39, 0.29) is 6.04 Å². The van der Waals surface area contributed by atoms with Crippen LogP contribution in [-0.2, 0) is 0 Å². The van der Waals surface area contributed by atoms with E-state index in [2.05, 4.69) is 49.1 Å². The topological polar surface area (TPSA) is 53.0 Å². The van der Waals surface area contributed by atoms with Gasteiger partial charge in [-0.1, -0.05) is 36.8 Å². The maximum atomic E-state index is 8.66. The number of aryl methyl sites for hydroxylation is 1. The van der Waals surface area contributed by atoms with E-state index in [0.29, 0.717) is 13.0 Å². The zero-order valence-electron chi connectivity index (χ0n) is 10.7. The van der Waals surface area contributed by atoms with E-state index in [4.69, 9.17) is 11.0 Å². The zero-order chi connectivity index (χ0) is 12.7. The summed E-state index contributed by atoms with van der Waals surface area (Å²) in [5.41, 5.74) is 8.35. The molecule has 0 spiro atoms. The van der Waals surface area contributed by atoms with Gasteiger partial charge in [-0.3, -0.25) is 4.90 Å². The van der Waals surface area contributed by atoms with Crippen molar-refractivity contribution in [2.45, 2.75) is 26.3 Å². The number of rotatable bonds is 6. The van der Waals surface area contributed by atoms with E-state index in [0.717, 1.165) is 13.1 Å². The van der Waals surface area contributed by atoms with Gasteiger partial charge in [0.25, 0.3) is 0 Å². The van der Waals surface area contributed by atoms with Crippen molar-refractivity contribution in [2.24, 2.45) is 5.73 Å². The van der Waals surface area contributed by atoms with E-state index in [1.807, 2.05) is 0 Å². The molecule has 0 heterocycles. The number of nitrogens with zero attached hydrogens (tertiary/aromatic N) is 2. The maximum absolute atomic E-state index is 8.66. The maximum Gasteiger partial charge on any atom is 0.0635 e. The highest BCUT2D eigenvalue weighted by Crippen LogP contribution is 2.20. The fourth-order valence-electron chi connectivity index (χ4n) is 2.01. The van der Waals surface area contributed by atoms with Crippen molar-refractivity contribution < 1.29 is 0 Å². The lowest BCUT2D eigenvalue weighted by atomic mass is 10.0. The first kappa shape index (κ1) is 13.7. The summed E-state index contributed by atoms with van der Waals surface area (Å²) in [5.74, 6) is 0. The predicted molar refractivity (Wildman–Crippen MR) is 70.5 cm³/mol. The van der Waals surface area contributed by atoms with Gasteiger partial charge in [0.05, 0.1) is 6.07 Å². The Hall–Kier alpha value is -1.37. The lowest BCUT2D eigenvalue weighted by Gasteiger charge is -2.29. The molecule has 1 atom stereocenters. The molecule has 0 aliphatic carbocycles. The smallest absolute Gasteiger partial charge is 0.0635 e. The van der Waals surface area contributed by atoms with E-state index >= 15 is 0 Å². The average molecular weight is 231 g/mol. The highest BCUT2D eigenvalue weighted by atomic mass is 15.2. The van der Waals surface area contributed by atoms with Crippen molar-refractivity contribution in [3.8, 4) is 6.07 Å². The minimum atomic E-state index is 0.217. The summed E-state index contributed by atoms with van der Waals surface area (Å²) in [7, 11) is 0. The standard InChI is InChI=1S/C14H21N3/c1-3-17(10-4-9-15)14(11-16)13-7-5-12(2)6-8-13/h5-8,14H,3-4,10-11,16H2,1-2H3. The zero-order valence-corrected chi connectivity index (χ0v) is 10.7. The fraction of sp³-hybridized carbons (Fsp3) is 0.500. The third kappa shape index (κ3) is 3.85. The van der Waals surface area contributed by atoms with Crippen LogP contribution in [0.4, 0.5) is 0 Å². The normalized spacial score (nSPS) is 12.4. The van der Waals surface area contributed by atoms with Crippen LogP contribution in [0.25, 0.3) is 0 Å². The number of nitrogens with two attached hydrogens (primary N) is 1. The highest BCUT2D eigenvalue weighted by molar-refractivity contribution is 5.24. The predicted octanol–water partition coefficient (Wildman–Crippen LogP) is 2.23. The molecule has 0 saturated carbocycles. The summed E-state index contributed by atoms with van der Waals surface area (Å²) in [6.07, 6.45) is 0.552. The third-order valence-corrected chi connectivity index (χ3v) is 3.04. The molecule has 3 heteroatoms. The van der Waals surface area contributed by atoms with Crippen molar-refractivity contribution in [2.75, 3.05) is 19.6 Å². The molecule has 17 heavy (non-hydrogen) atoms. The molecule has 0 aliphatic rings. The van der Waals surface area contributed by atoms with Gasteiger partial charge in [-0.15, -0.1) is 0 Å². The van der Waals surface area contributed by atoms with Gasteiger partial charge in [0.1, 0.15) is 0 Å². The second-order valence-corrected chi connectivity index (χ2v) is 4.20. The molecule has 0 aliphatic heterocycles. The van der Waals surface area contributed by atoms with E-state index < -0.39 is 0 Å². The van der Waals surface area contributed by atoms with Gasteiger partial charge in [-0.05, 0) is 19.0 Å². The summed E-state index contributed by atoms with van der Waals surface area (Å²) in [5, 5.41) is 8.66. The molecule has 0 fully saturated rings. The molecule has 1 unspecified atom stereocenters. The van der Waals surface area contributed by atoms with E-state index in [1.165, 1.54) is 11.1 Å². The lowest BCUT2D eigenvalue weighted by molar-refractivity contribution is 0.217. The minimum absolute atomic E-state index is 0.217. The fourth-order valence-corrected chi connectivity index (χ4v) is 2.01. The summed E-state index contributed by atoms with van der Waals surface area (Å²) >= 11 is 0. The Morgan fingerprint density at radius 2 is 2.00 bits per heavy atom. The number of benzene rings is 1. The van der Waals surface area contributed by atoms with Gasteiger partial charge in [-0.25, -0.2) is 0 Å². The summed E-state index contributed by atoms with van der Waals surface area (Å²) in [6, 6.07) is 10.9. The van der Waals surface area contributed by atoms with Crippen LogP contribution >= 0.6 is 0 Å². The van der Waals surface area contributed by atoms with Crippen molar-refractivity contribution >= 4 is 0 Å². The molecule has 0 radical (unpaired) electrons. The molecule has 2 N–H and O–H groups in total. The van der Waals surface area contributed by atoms with Crippen molar-refractivity contribution in [1.29, 1.82) is 5.26 Å². The Kier molecular flexibility index (Phi) is 5.68. The largest absolute Gasteiger partial charge is 0.329 e. The van der Waals surface area contributed by atoms with Crippen molar-refractivity contribution in [3.05, 3.63) is 35.4 Å². The van der Waals surface area contributed by atoms with Crippen molar-refractivity contribution in [1.82, 2.24) is 4.90 Å². The first-order valence-corrected chi connectivity index (χ1v) is 6.10. The Morgan fingerprint density at radius 3 is 2.47 bits per heavy atom. The van der Waals surface area contributed by atoms with E-state index in [9.17, 15) is 0 Å². The van der Waals surface area contributed by atoms with Gasteiger partial charge in [0, 0.05) is 25.6 Å². The first-order valence-electron chi connectivity index (χ1n) is 6.10. The summed E-state index contributed by atoms with van der Waals surface area (Å²) < 4.78 is 0. The monoisotopic (exact) mass is 231 g/mol. The Bertz CT molecular complexity index is 364. The Morgan fingerprint density at radius 1 is 1.35 bits per heavy atom. The van der Waals surface area contributed by atoms with Crippen molar-refractivity contribution in [3.63, 3.8) is 0 Å². The number of hydrogen-bond acceptors (Lipinski definition) is 3. The molecular formula is C14H21N3. The molecule has 0 saturated heterocycles. The molecule has 92 valence electrons. The van der Waals surface area contributed by atoms with Gasteiger partial charge in [-0.2, -0.15) is 5.26 Å². The summed E-state index contributed by atoms with van der Waals surface area (Å²) in [6.45, 7) is 6.46.